The molecule has 0 spiro atoms. The lowest BCUT2D eigenvalue weighted by Gasteiger charge is -2.35. The van der Waals surface area contributed by atoms with E-state index < -0.39 is 0 Å². The Morgan fingerprint density at radius 3 is 2.63 bits per heavy atom. The van der Waals surface area contributed by atoms with Crippen LogP contribution in [-0.4, -0.2) is 60.6 Å². The average molecular weight is 262 g/mol. The molecule has 4 heteroatoms. The molecular formula is C15H26N4. The van der Waals surface area contributed by atoms with E-state index >= 15 is 0 Å². The van der Waals surface area contributed by atoms with Crippen molar-refractivity contribution in [3.8, 4) is 0 Å². The molecule has 1 saturated heterocycles. The molecule has 0 saturated carbocycles. The van der Waals surface area contributed by atoms with Gasteiger partial charge in [-0.2, -0.15) is 0 Å². The first-order valence-electron chi connectivity index (χ1n) is 7.31. The zero-order valence-electron chi connectivity index (χ0n) is 12.0. The monoisotopic (exact) mass is 262 g/mol. The van der Waals surface area contributed by atoms with Crippen LogP contribution in [0.15, 0.2) is 24.5 Å². The Labute approximate surface area is 116 Å². The van der Waals surface area contributed by atoms with E-state index in [1.807, 2.05) is 18.5 Å². The van der Waals surface area contributed by atoms with E-state index in [4.69, 9.17) is 5.73 Å². The molecule has 1 aromatic rings. The van der Waals surface area contributed by atoms with Crippen molar-refractivity contribution in [2.24, 2.45) is 11.7 Å². The number of aromatic nitrogens is 1. The van der Waals surface area contributed by atoms with Crippen molar-refractivity contribution in [1.29, 1.82) is 0 Å². The SMILES string of the molecule is CC(CN)CN1CCN(CCc2cccnc2)CC1. The van der Waals surface area contributed by atoms with Gasteiger partial charge in [0.05, 0.1) is 0 Å². The van der Waals surface area contributed by atoms with Gasteiger partial charge in [-0.3, -0.25) is 4.98 Å². The Bertz CT molecular complexity index is 346. The zero-order chi connectivity index (χ0) is 13.5. The first-order valence-corrected chi connectivity index (χ1v) is 7.31. The molecular weight excluding hydrogens is 236 g/mol. The van der Waals surface area contributed by atoms with Gasteiger partial charge in [0.25, 0.3) is 0 Å². The Balaban J connectivity index is 1.66. The predicted octanol–water partition coefficient (Wildman–Crippen LogP) is 0.837. The summed E-state index contributed by atoms with van der Waals surface area (Å²) in [6, 6.07) is 4.17. The summed E-state index contributed by atoms with van der Waals surface area (Å²) in [6.07, 6.45) is 4.91. The average Bonchev–Trinajstić information content (AvgIpc) is 2.47. The minimum Gasteiger partial charge on any atom is -0.330 e. The van der Waals surface area contributed by atoms with Crippen molar-refractivity contribution in [2.75, 3.05) is 45.8 Å². The molecule has 2 N–H and O–H groups in total. The fourth-order valence-corrected chi connectivity index (χ4v) is 2.54. The van der Waals surface area contributed by atoms with Gasteiger partial charge in [-0.15, -0.1) is 0 Å². The summed E-state index contributed by atoms with van der Waals surface area (Å²) >= 11 is 0. The van der Waals surface area contributed by atoms with E-state index in [2.05, 4.69) is 27.8 Å². The molecule has 19 heavy (non-hydrogen) atoms. The summed E-state index contributed by atoms with van der Waals surface area (Å²) in [4.78, 5) is 9.26. The Hall–Kier alpha value is -0.970. The highest BCUT2D eigenvalue weighted by Crippen LogP contribution is 2.06. The number of nitrogens with zero attached hydrogens (tertiary/aromatic N) is 3. The van der Waals surface area contributed by atoms with Crippen LogP contribution in [-0.2, 0) is 6.42 Å². The lowest BCUT2D eigenvalue weighted by atomic mass is 10.1. The van der Waals surface area contributed by atoms with Gasteiger partial charge in [0.15, 0.2) is 0 Å². The molecule has 1 unspecified atom stereocenters. The van der Waals surface area contributed by atoms with Gasteiger partial charge in [-0.1, -0.05) is 13.0 Å². The van der Waals surface area contributed by atoms with Crippen LogP contribution in [0.4, 0.5) is 0 Å². The zero-order valence-corrected chi connectivity index (χ0v) is 12.0. The van der Waals surface area contributed by atoms with Gasteiger partial charge >= 0.3 is 0 Å². The van der Waals surface area contributed by atoms with Crippen molar-refractivity contribution < 1.29 is 0 Å². The van der Waals surface area contributed by atoms with E-state index in [1.165, 1.54) is 31.7 Å². The van der Waals surface area contributed by atoms with Crippen LogP contribution < -0.4 is 5.73 Å². The maximum absolute atomic E-state index is 5.69. The van der Waals surface area contributed by atoms with Crippen LogP contribution >= 0.6 is 0 Å². The topological polar surface area (TPSA) is 45.4 Å². The molecule has 0 aliphatic carbocycles. The molecule has 2 heterocycles. The lowest BCUT2D eigenvalue weighted by Crippen LogP contribution is -2.48. The number of piperazine rings is 1. The van der Waals surface area contributed by atoms with Crippen LogP contribution in [0.2, 0.25) is 0 Å². The molecule has 2 rings (SSSR count). The van der Waals surface area contributed by atoms with Gasteiger partial charge < -0.3 is 15.5 Å². The van der Waals surface area contributed by atoms with Crippen molar-refractivity contribution in [2.45, 2.75) is 13.3 Å². The second-order valence-corrected chi connectivity index (χ2v) is 5.59. The van der Waals surface area contributed by atoms with Gasteiger partial charge in [-0.05, 0) is 30.5 Å². The van der Waals surface area contributed by atoms with Gasteiger partial charge in [0.1, 0.15) is 0 Å². The van der Waals surface area contributed by atoms with E-state index in [-0.39, 0.29) is 0 Å². The largest absolute Gasteiger partial charge is 0.330 e. The van der Waals surface area contributed by atoms with Crippen molar-refractivity contribution in [3.05, 3.63) is 30.1 Å². The maximum atomic E-state index is 5.69. The second-order valence-electron chi connectivity index (χ2n) is 5.59. The number of rotatable bonds is 6. The minimum atomic E-state index is 0.613. The Morgan fingerprint density at radius 1 is 1.26 bits per heavy atom. The van der Waals surface area contributed by atoms with Gasteiger partial charge in [0.2, 0.25) is 0 Å². The molecule has 0 amide bonds. The molecule has 106 valence electrons. The van der Waals surface area contributed by atoms with Gasteiger partial charge in [0, 0.05) is 51.7 Å². The highest BCUT2D eigenvalue weighted by Gasteiger charge is 2.17. The second kappa shape index (κ2) is 7.58. The molecule has 0 bridgehead atoms. The summed E-state index contributed by atoms with van der Waals surface area (Å²) in [5.74, 6) is 0.613. The van der Waals surface area contributed by atoms with Crippen molar-refractivity contribution >= 4 is 0 Å². The summed E-state index contributed by atoms with van der Waals surface area (Å²) in [5.41, 5.74) is 7.02. The summed E-state index contributed by atoms with van der Waals surface area (Å²) in [5, 5.41) is 0. The molecule has 1 atom stereocenters. The quantitative estimate of drug-likeness (QED) is 0.825. The van der Waals surface area contributed by atoms with Crippen molar-refractivity contribution in [3.63, 3.8) is 0 Å². The fourth-order valence-electron chi connectivity index (χ4n) is 2.54. The Morgan fingerprint density at radius 2 is 2.00 bits per heavy atom. The smallest absolute Gasteiger partial charge is 0.0300 e. The fraction of sp³-hybridized carbons (Fsp3) is 0.667. The van der Waals surface area contributed by atoms with Crippen LogP contribution in [0.25, 0.3) is 0 Å². The predicted molar refractivity (Wildman–Crippen MR) is 79.0 cm³/mol. The summed E-state index contributed by atoms with van der Waals surface area (Å²) in [6.45, 7) is 10.0. The number of hydrogen-bond acceptors (Lipinski definition) is 4. The Kier molecular flexibility index (Phi) is 5.76. The van der Waals surface area contributed by atoms with Gasteiger partial charge in [-0.25, -0.2) is 0 Å². The first-order chi connectivity index (χ1) is 9.28. The number of nitrogens with two attached hydrogens (primary N) is 1. The van der Waals surface area contributed by atoms with Crippen LogP contribution in [0, 0.1) is 5.92 Å². The van der Waals surface area contributed by atoms with E-state index in [0.717, 1.165) is 26.1 Å². The van der Waals surface area contributed by atoms with E-state index in [9.17, 15) is 0 Å². The normalized spacial score (nSPS) is 19.5. The number of pyridine rings is 1. The highest BCUT2D eigenvalue weighted by atomic mass is 15.3. The molecule has 1 aromatic heterocycles. The van der Waals surface area contributed by atoms with Crippen molar-refractivity contribution in [1.82, 2.24) is 14.8 Å². The minimum absolute atomic E-state index is 0.613. The van der Waals surface area contributed by atoms with Crippen LogP contribution in [0.3, 0.4) is 0 Å². The van der Waals surface area contributed by atoms with E-state index in [1.54, 1.807) is 0 Å². The molecule has 0 radical (unpaired) electrons. The number of hydrogen-bond donors (Lipinski definition) is 1. The maximum Gasteiger partial charge on any atom is 0.0300 e. The molecule has 1 aliphatic heterocycles. The highest BCUT2D eigenvalue weighted by molar-refractivity contribution is 5.08. The van der Waals surface area contributed by atoms with Crippen LogP contribution in [0.5, 0.6) is 0 Å². The summed E-state index contributed by atoms with van der Waals surface area (Å²) < 4.78 is 0. The van der Waals surface area contributed by atoms with E-state index in [0.29, 0.717) is 5.92 Å². The van der Waals surface area contributed by atoms with Crippen LogP contribution in [0.1, 0.15) is 12.5 Å². The standard InChI is InChI=1S/C15H26N4/c1-14(11-16)13-19-9-7-18(8-10-19)6-4-15-3-2-5-17-12-15/h2-3,5,12,14H,4,6-11,13,16H2,1H3. The lowest BCUT2D eigenvalue weighted by molar-refractivity contribution is 0.122. The first kappa shape index (κ1) is 14.4. The summed E-state index contributed by atoms with van der Waals surface area (Å²) in [7, 11) is 0. The third-order valence-electron chi connectivity index (χ3n) is 3.88. The molecule has 1 aliphatic rings. The third kappa shape index (κ3) is 4.90. The third-order valence-corrected chi connectivity index (χ3v) is 3.88. The molecule has 4 nitrogen and oxygen atoms in total. The molecule has 1 fully saturated rings. The molecule has 0 aromatic carbocycles.